The Morgan fingerprint density at radius 2 is 1.50 bits per heavy atom. The molecule has 16 heavy (non-hydrogen) atoms. The first-order chi connectivity index (χ1) is 7.69. The highest BCUT2D eigenvalue weighted by Gasteiger charge is 2.11. The Morgan fingerprint density at radius 3 is 1.88 bits per heavy atom. The molecule has 0 aliphatic carbocycles. The lowest BCUT2D eigenvalue weighted by Crippen LogP contribution is -2.22. The molecule has 0 N–H and O–H groups in total. The zero-order valence-corrected chi connectivity index (χ0v) is 10.7. The normalized spacial score (nSPS) is 10.8. The van der Waals surface area contributed by atoms with Crippen LogP contribution in [0.2, 0.25) is 13.6 Å². The van der Waals surface area contributed by atoms with Crippen LogP contribution in [-0.2, 0) is 9.47 Å². The van der Waals surface area contributed by atoms with Crippen LogP contribution in [0.1, 0.15) is 25.7 Å². The average molecular weight is 220 g/mol. The van der Waals surface area contributed by atoms with Crippen molar-refractivity contribution in [2.75, 3.05) is 13.2 Å². The van der Waals surface area contributed by atoms with Gasteiger partial charge in [-0.15, -0.1) is 0 Å². The molecule has 0 aliphatic heterocycles. The zero-order chi connectivity index (χ0) is 12.0. The smallest absolute Gasteiger partial charge is 0.183 e. The highest BCUT2D eigenvalue weighted by atomic mass is 16.7. The van der Waals surface area contributed by atoms with E-state index in [0.717, 1.165) is 5.56 Å². The van der Waals surface area contributed by atoms with Crippen LogP contribution in [0.25, 0.3) is 0 Å². The van der Waals surface area contributed by atoms with Gasteiger partial charge < -0.3 is 9.47 Å². The Kier molecular flexibility index (Phi) is 5.57. The molecular formula is C13H21BO2. The Balaban J connectivity index is 2.76. The summed E-state index contributed by atoms with van der Waals surface area (Å²) in [4.78, 5) is 0. The van der Waals surface area contributed by atoms with Crippen LogP contribution in [0.15, 0.2) is 24.3 Å². The minimum atomic E-state index is -0.226. The summed E-state index contributed by atoms with van der Waals surface area (Å²) in [6.07, 6.45) is -0.226. The van der Waals surface area contributed by atoms with Crippen LogP contribution in [0.5, 0.6) is 0 Å². The molecule has 0 radical (unpaired) electrons. The lowest BCUT2D eigenvalue weighted by molar-refractivity contribution is -0.140. The van der Waals surface area contributed by atoms with E-state index < -0.39 is 0 Å². The third-order valence-electron chi connectivity index (χ3n) is 2.51. The predicted octanol–water partition coefficient (Wildman–Crippen LogP) is 2.72. The predicted molar refractivity (Wildman–Crippen MR) is 69.6 cm³/mol. The van der Waals surface area contributed by atoms with Crippen LogP contribution < -0.4 is 5.46 Å². The summed E-state index contributed by atoms with van der Waals surface area (Å²) in [6, 6.07) is 8.46. The topological polar surface area (TPSA) is 18.5 Å². The molecule has 88 valence electrons. The highest BCUT2D eigenvalue weighted by Crippen LogP contribution is 2.17. The quantitative estimate of drug-likeness (QED) is 0.542. The SMILES string of the molecule is CCOC(OCC)c1ccc(B(C)C)cc1. The summed E-state index contributed by atoms with van der Waals surface area (Å²) in [5.74, 6) is 0. The summed E-state index contributed by atoms with van der Waals surface area (Å²) in [5, 5.41) is 0. The first-order valence-electron chi connectivity index (χ1n) is 6.02. The molecule has 0 heterocycles. The first-order valence-corrected chi connectivity index (χ1v) is 6.02. The molecule has 0 bridgehead atoms. The molecule has 1 aromatic carbocycles. The van der Waals surface area contributed by atoms with Crippen molar-refractivity contribution in [2.45, 2.75) is 33.8 Å². The van der Waals surface area contributed by atoms with Gasteiger partial charge in [0.25, 0.3) is 0 Å². The lowest BCUT2D eigenvalue weighted by atomic mass is 9.49. The second-order valence-electron chi connectivity index (χ2n) is 4.06. The van der Waals surface area contributed by atoms with E-state index >= 15 is 0 Å². The van der Waals surface area contributed by atoms with E-state index in [-0.39, 0.29) is 6.29 Å². The van der Waals surface area contributed by atoms with Crippen LogP contribution in [0.4, 0.5) is 0 Å². The van der Waals surface area contributed by atoms with Crippen molar-refractivity contribution >= 4 is 12.2 Å². The Hall–Kier alpha value is -0.795. The molecule has 2 nitrogen and oxygen atoms in total. The molecule has 1 aromatic rings. The van der Waals surface area contributed by atoms with Gasteiger partial charge in [0, 0.05) is 18.8 Å². The third kappa shape index (κ3) is 3.65. The summed E-state index contributed by atoms with van der Waals surface area (Å²) >= 11 is 0. The molecule has 0 saturated heterocycles. The van der Waals surface area contributed by atoms with Gasteiger partial charge in [-0.1, -0.05) is 43.4 Å². The van der Waals surface area contributed by atoms with Gasteiger partial charge >= 0.3 is 0 Å². The Bertz CT molecular complexity index is 289. The van der Waals surface area contributed by atoms with Crippen LogP contribution >= 0.6 is 0 Å². The Morgan fingerprint density at radius 1 is 1.00 bits per heavy atom. The largest absolute Gasteiger partial charge is 0.349 e. The van der Waals surface area contributed by atoms with Gasteiger partial charge in [-0.25, -0.2) is 0 Å². The second kappa shape index (κ2) is 6.72. The second-order valence-corrected chi connectivity index (χ2v) is 4.06. The highest BCUT2D eigenvalue weighted by molar-refractivity contribution is 6.70. The number of ether oxygens (including phenoxy) is 2. The van der Waals surface area contributed by atoms with Gasteiger partial charge in [0.1, 0.15) is 0 Å². The lowest BCUT2D eigenvalue weighted by Gasteiger charge is -2.17. The van der Waals surface area contributed by atoms with Crippen LogP contribution in [0.3, 0.4) is 0 Å². The molecule has 0 saturated carbocycles. The molecular weight excluding hydrogens is 199 g/mol. The van der Waals surface area contributed by atoms with E-state index in [1.807, 2.05) is 13.8 Å². The first kappa shape index (κ1) is 13.3. The van der Waals surface area contributed by atoms with Crippen molar-refractivity contribution in [3.8, 4) is 0 Å². The van der Waals surface area contributed by atoms with Gasteiger partial charge in [-0.3, -0.25) is 0 Å². The standard InChI is InChI=1S/C13H21BO2/c1-5-15-13(16-6-2)11-7-9-12(10-8-11)14(3)4/h7-10,13H,5-6H2,1-4H3. The van der Waals surface area contributed by atoms with E-state index in [1.165, 1.54) is 5.46 Å². The molecule has 0 aliphatic rings. The van der Waals surface area contributed by atoms with E-state index in [9.17, 15) is 0 Å². The molecule has 3 heteroatoms. The molecule has 0 unspecified atom stereocenters. The monoisotopic (exact) mass is 220 g/mol. The third-order valence-corrected chi connectivity index (χ3v) is 2.51. The maximum atomic E-state index is 5.55. The van der Waals surface area contributed by atoms with Crippen molar-refractivity contribution in [3.05, 3.63) is 29.8 Å². The molecule has 0 aromatic heterocycles. The summed E-state index contributed by atoms with van der Waals surface area (Å²) in [5.41, 5.74) is 2.43. The average Bonchev–Trinajstić information content (AvgIpc) is 2.29. The van der Waals surface area contributed by atoms with E-state index in [2.05, 4.69) is 37.9 Å². The summed E-state index contributed by atoms with van der Waals surface area (Å²) in [6.45, 7) is 10.2. The summed E-state index contributed by atoms with van der Waals surface area (Å²) in [7, 11) is 0. The number of benzene rings is 1. The van der Waals surface area contributed by atoms with Gasteiger partial charge in [-0.2, -0.15) is 0 Å². The van der Waals surface area contributed by atoms with Crippen LogP contribution in [0, 0.1) is 0 Å². The molecule has 0 atom stereocenters. The molecule has 1 rings (SSSR count). The fourth-order valence-electron chi connectivity index (χ4n) is 1.58. The number of rotatable bonds is 6. The minimum absolute atomic E-state index is 0.226. The molecule has 0 amide bonds. The van der Waals surface area contributed by atoms with Crippen molar-refractivity contribution in [2.24, 2.45) is 0 Å². The van der Waals surface area contributed by atoms with Crippen LogP contribution in [-0.4, -0.2) is 19.9 Å². The van der Waals surface area contributed by atoms with E-state index in [4.69, 9.17) is 9.47 Å². The molecule has 0 spiro atoms. The van der Waals surface area contributed by atoms with Gasteiger partial charge in [0.05, 0.1) is 0 Å². The van der Waals surface area contributed by atoms with Crippen molar-refractivity contribution in [3.63, 3.8) is 0 Å². The number of hydrogen-bond donors (Lipinski definition) is 0. The zero-order valence-electron chi connectivity index (χ0n) is 10.7. The van der Waals surface area contributed by atoms with Crippen molar-refractivity contribution < 1.29 is 9.47 Å². The van der Waals surface area contributed by atoms with Gasteiger partial charge in [-0.05, 0) is 13.8 Å². The number of hydrogen-bond acceptors (Lipinski definition) is 2. The van der Waals surface area contributed by atoms with E-state index in [1.54, 1.807) is 0 Å². The van der Waals surface area contributed by atoms with Crippen molar-refractivity contribution in [1.29, 1.82) is 0 Å². The maximum Gasteiger partial charge on any atom is 0.183 e. The van der Waals surface area contributed by atoms with E-state index in [0.29, 0.717) is 19.9 Å². The Labute approximate surface area is 99.0 Å². The maximum absolute atomic E-state index is 5.55. The summed E-state index contributed by atoms with van der Waals surface area (Å²) < 4.78 is 11.1. The van der Waals surface area contributed by atoms with Crippen molar-refractivity contribution in [1.82, 2.24) is 0 Å². The fraction of sp³-hybridized carbons (Fsp3) is 0.538. The van der Waals surface area contributed by atoms with Gasteiger partial charge in [0.2, 0.25) is 0 Å². The molecule has 0 fully saturated rings. The fourth-order valence-corrected chi connectivity index (χ4v) is 1.58. The minimum Gasteiger partial charge on any atom is -0.349 e. The van der Waals surface area contributed by atoms with Gasteiger partial charge in [0.15, 0.2) is 13.0 Å².